The molecule has 4 N–H and O–H groups in total. The number of rotatable bonds is 5. The van der Waals surface area contributed by atoms with Gasteiger partial charge in [0.05, 0.1) is 18.2 Å². The van der Waals surface area contributed by atoms with Crippen LogP contribution >= 0.6 is 0 Å². The summed E-state index contributed by atoms with van der Waals surface area (Å²) >= 11 is 0. The van der Waals surface area contributed by atoms with E-state index in [0.717, 1.165) is 16.9 Å². The molecule has 10 nitrogen and oxygen atoms in total. The minimum atomic E-state index is -0.548. The summed E-state index contributed by atoms with van der Waals surface area (Å²) in [6.07, 6.45) is 5.05. The zero-order valence-electron chi connectivity index (χ0n) is 16.5. The molecule has 1 unspecified atom stereocenters. The lowest BCUT2D eigenvalue weighted by Crippen LogP contribution is -2.55. The summed E-state index contributed by atoms with van der Waals surface area (Å²) < 4.78 is -0.0415. The monoisotopic (exact) mass is 395 g/mol. The Hall–Kier alpha value is -3.37. The minimum absolute atomic E-state index is 0.0190. The Morgan fingerprint density at radius 3 is 2.90 bits per heavy atom. The van der Waals surface area contributed by atoms with Gasteiger partial charge in [0.15, 0.2) is 6.20 Å². The number of hydrogen-bond acceptors (Lipinski definition) is 7. The molecule has 3 heterocycles. The molecule has 0 saturated heterocycles. The second-order valence-corrected chi connectivity index (χ2v) is 7.51. The van der Waals surface area contributed by atoms with Gasteiger partial charge in [-0.05, 0) is 41.3 Å². The number of nitrogens with zero attached hydrogens (tertiary/aromatic N) is 4. The molecule has 1 aromatic rings. The van der Waals surface area contributed by atoms with Gasteiger partial charge in [0.2, 0.25) is 11.8 Å². The van der Waals surface area contributed by atoms with Crippen LogP contribution in [0.15, 0.2) is 45.7 Å². The SMILES string of the molecule is CC(=O)NCCN[N+]12C=CN=CC1=NC(Nc1ccc3c(c1)NC(=O)C3(C)C)=N2. The van der Waals surface area contributed by atoms with E-state index in [4.69, 9.17) is 0 Å². The lowest BCUT2D eigenvalue weighted by atomic mass is 9.86. The zero-order chi connectivity index (χ0) is 20.6. The van der Waals surface area contributed by atoms with Gasteiger partial charge in [-0.25, -0.2) is 0 Å². The van der Waals surface area contributed by atoms with E-state index in [1.54, 1.807) is 18.6 Å². The number of amidine groups is 1. The first-order valence-corrected chi connectivity index (χ1v) is 9.32. The molecule has 29 heavy (non-hydrogen) atoms. The Morgan fingerprint density at radius 1 is 1.28 bits per heavy atom. The third kappa shape index (κ3) is 3.43. The molecule has 4 rings (SSSR count). The van der Waals surface area contributed by atoms with Crippen molar-refractivity contribution in [1.29, 1.82) is 0 Å². The van der Waals surface area contributed by atoms with Gasteiger partial charge in [0.25, 0.3) is 5.96 Å². The molecule has 3 aliphatic rings. The number of carbonyl (C=O) groups excluding carboxylic acids is 2. The van der Waals surface area contributed by atoms with E-state index < -0.39 is 5.41 Å². The fourth-order valence-electron chi connectivity index (χ4n) is 3.37. The number of amides is 2. The molecular formula is C19H23N8O2+. The highest BCUT2D eigenvalue weighted by Gasteiger charge is 2.41. The topological polar surface area (TPSA) is 119 Å². The number of aliphatic imine (C=N–C) groups is 2. The summed E-state index contributed by atoms with van der Waals surface area (Å²) in [6, 6.07) is 5.71. The standard InChI is InChI=1S/C19H22N8O2/c1-12(28)21-6-7-22-27-9-8-20-11-16(27)25-18(26-27)23-13-4-5-14-15(10-13)24-17(29)19(14,2)3/h4-5,8-11,22H,6-7H2,1-3H3,(H2-,21,23,24,26,28,29)/p+1. The summed E-state index contributed by atoms with van der Waals surface area (Å²) in [5, 5.41) is 13.5. The van der Waals surface area contributed by atoms with Gasteiger partial charge < -0.3 is 16.0 Å². The van der Waals surface area contributed by atoms with Crippen LogP contribution in [0.25, 0.3) is 0 Å². The number of quaternary nitrogens is 1. The van der Waals surface area contributed by atoms with Crippen LogP contribution in [0.2, 0.25) is 0 Å². The number of hydrogen-bond donors (Lipinski definition) is 4. The Labute approximate surface area is 168 Å². The van der Waals surface area contributed by atoms with E-state index in [-0.39, 0.29) is 16.5 Å². The molecule has 0 aromatic heterocycles. The summed E-state index contributed by atoms with van der Waals surface area (Å²) in [5.41, 5.74) is 5.22. The lowest BCUT2D eigenvalue weighted by molar-refractivity contribution is -0.839. The van der Waals surface area contributed by atoms with E-state index in [9.17, 15) is 9.59 Å². The minimum Gasteiger partial charge on any atom is -0.355 e. The van der Waals surface area contributed by atoms with Crippen LogP contribution in [0.3, 0.4) is 0 Å². The van der Waals surface area contributed by atoms with E-state index in [1.807, 2.05) is 32.0 Å². The summed E-state index contributed by atoms with van der Waals surface area (Å²) in [6.45, 7) is 6.24. The largest absolute Gasteiger partial charge is 0.355 e. The maximum Gasteiger partial charge on any atom is 0.301 e. The number of fused-ring (bicyclic) bond motifs is 2. The van der Waals surface area contributed by atoms with Gasteiger partial charge in [0, 0.05) is 24.8 Å². The molecule has 0 saturated carbocycles. The molecule has 0 spiro atoms. The average molecular weight is 395 g/mol. The lowest BCUT2D eigenvalue weighted by Gasteiger charge is -2.24. The van der Waals surface area contributed by atoms with Crippen molar-refractivity contribution in [3.05, 3.63) is 36.2 Å². The number of nitrogens with one attached hydrogen (secondary N) is 4. The van der Waals surface area contributed by atoms with Crippen LogP contribution in [-0.4, -0.2) is 47.6 Å². The van der Waals surface area contributed by atoms with Crippen LogP contribution in [-0.2, 0) is 15.0 Å². The van der Waals surface area contributed by atoms with Crippen LogP contribution in [0, 0.1) is 0 Å². The molecular weight excluding hydrogens is 372 g/mol. The highest BCUT2D eigenvalue weighted by molar-refractivity contribution is 6.30. The van der Waals surface area contributed by atoms with E-state index >= 15 is 0 Å². The van der Waals surface area contributed by atoms with Crippen molar-refractivity contribution in [1.82, 2.24) is 10.7 Å². The predicted molar refractivity (Wildman–Crippen MR) is 111 cm³/mol. The highest BCUT2D eigenvalue weighted by Crippen LogP contribution is 2.38. The molecule has 10 heteroatoms. The fraction of sp³-hybridized carbons (Fsp3) is 0.316. The van der Waals surface area contributed by atoms with Gasteiger partial charge >= 0.3 is 5.84 Å². The number of anilines is 2. The van der Waals surface area contributed by atoms with Crippen LogP contribution < -0.4 is 21.4 Å². The quantitative estimate of drug-likeness (QED) is 0.440. The fourth-order valence-corrected chi connectivity index (χ4v) is 3.37. The van der Waals surface area contributed by atoms with Crippen LogP contribution in [0.4, 0.5) is 11.4 Å². The number of guanidine groups is 1. The zero-order valence-corrected chi connectivity index (χ0v) is 16.5. The summed E-state index contributed by atoms with van der Waals surface area (Å²) in [4.78, 5) is 31.8. The normalized spacial score (nSPS) is 23.1. The van der Waals surface area contributed by atoms with Crippen LogP contribution in [0.5, 0.6) is 0 Å². The number of benzene rings is 1. The average Bonchev–Trinajstić information content (AvgIpc) is 3.13. The van der Waals surface area contributed by atoms with Crippen molar-refractivity contribution in [2.45, 2.75) is 26.2 Å². The van der Waals surface area contributed by atoms with Crippen molar-refractivity contribution in [2.24, 2.45) is 15.1 Å². The maximum atomic E-state index is 12.2. The second-order valence-electron chi connectivity index (χ2n) is 7.51. The van der Waals surface area contributed by atoms with Crippen molar-refractivity contribution in [3.8, 4) is 0 Å². The molecule has 1 atom stereocenters. The molecule has 150 valence electrons. The predicted octanol–water partition coefficient (Wildman–Crippen LogP) is 1.02. The molecule has 0 aliphatic carbocycles. The molecule has 1 aromatic carbocycles. The van der Waals surface area contributed by atoms with E-state index in [2.05, 4.69) is 36.5 Å². The van der Waals surface area contributed by atoms with Gasteiger partial charge in [-0.1, -0.05) is 6.07 Å². The Balaban J connectivity index is 1.52. The van der Waals surface area contributed by atoms with E-state index in [0.29, 0.717) is 24.9 Å². The first-order valence-electron chi connectivity index (χ1n) is 9.32. The maximum absolute atomic E-state index is 12.2. The molecule has 2 amide bonds. The van der Waals surface area contributed by atoms with Gasteiger partial charge in [-0.3, -0.25) is 14.6 Å². The van der Waals surface area contributed by atoms with Crippen molar-refractivity contribution in [2.75, 3.05) is 23.7 Å². The first kappa shape index (κ1) is 19.0. The smallest absolute Gasteiger partial charge is 0.301 e. The third-order valence-corrected chi connectivity index (χ3v) is 5.00. The summed E-state index contributed by atoms with van der Waals surface area (Å²) in [7, 11) is 0. The Morgan fingerprint density at radius 2 is 2.10 bits per heavy atom. The second kappa shape index (κ2) is 6.90. The van der Waals surface area contributed by atoms with Crippen molar-refractivity contribution in [3.63, 3.8) is 0 Å². The third-order valence-electron chi connectivity index (χ3n) is 5.00. The van der Waals surface area contributed by atoms with Crippen molar-refractivity contribution < 1.29 is 14.3 Å². The molecule has 0 fully saturated rings. The number of carbonyl (C=O) groups is 2. The summed E-state index contributed by atoms with van der Waals surface area (Å²) in [5.74, 6) is 0.909. The van der Waals surface area contributed by atoms with Crippen LogP contribution in [0.1, 0.15) is 26.3 Å². The Bertz CT molecular complexity index is 1010. The molecule has 0 bridgehead atoms. The van der Waals surface area contributed by atoms with Gasteiger partial charge in [-0.15, -0.1) is 10.4 Å². The van der Waals surface area contributed by atoms with Gasteiger partial charge in [0.1, 0.15) is 6.21 Å². The Kier molecular flexibility index (Phi) is 4.52. The van der Waals surface area contributed by atoms with Gasteiger partial charge in [-0.2, -0.15) is 0 Å². The van der Waals surface area contributed by atoms with Crippen molar-refractivity contribution >= 4 is 41.2 Å². The first-order chi connectivity index (χ1) is 13.8. The van der Waals surface area contributed by atoms with E-state index in [1.165, 1.54) is 6.92 Å². The molecule has 3 aliphatic heterocycles. The highest BCUT2D eigenvalue weighted by atomic mass is 16.2. The molecule has 0 radical (unpaired) electrons.